The average Bonchev–Trinajstić information content (AvgIpc) is 2.22. The molecule has 4 heteroatoms. The molecule has 0 amide bonds. The van der Waals surface area contributed by atoms with Crippen LogP contribution in [0.1, 0.15) is 6.42 Å². The molecule has 2 rings (SSSR count). The zero-order valence-corrected chi connectivity index (χ0v) is 8.81. The number of aromatic nitrogens is 1. The van der Waals surface area contributed by atoms with Crippen LogP contribution in [-0.4, -0.2) is 29.6 Å². The van der Waals surface area contributed by atoms with Crippen molar-refractivity contribution in [2.45, 2.75) is 6.42 Å². The SMILES string of the molecule is CN1CCC=C(n2cccc(N)c2=O)C1. The number of nitrogens with two attached hydrogens (primary N) is 1. The molecule has 1 aromatic heterocycles. The van der Waals surface area contributed by atoms with E-state index in [1.165, 1.54) is 0 Å². The summed E-state index contributed by atoms with van der Waals surface area (Å²) in [5.74, 6) is 0. The number of rotatable bonds is 1. The average molecular weight is 205 g/mol. The Morgan fingerprint density at radius 2 is 2.27 bits per heavy atom. The molecule has 0 saturated heterocycles. The molecule has 0 bridgehead atoms. The van der Waals surface area contributed by atoms with E-state index in [-0.39, 0.29) is 5.56 Å². The first-order chi connectivity index (χ1) is 7.18. The van der Waals surface area contributed by atoms with Crippen LogP contribution in [0.15, 0.2) is 29.2 Å². The zero-order valence-electron chi connectivity index (χ0n) is 8.81. The molecule has 0 saturated carbocycles. The Bertz CT molecular complexity index is 447. The van der Waals surface area contributed by atoms with Crippen LogP contribution in [0.25, 0.3) is 5.70 Å². The molecule has 0 atom stereocenters. The Labute approximate surface area is 88.6 Å². The summed E-state index contributed by atoms with van der Waals surface area (Å²) >= 11 is 0. The van der Waals surface area contributed by atoms with E-state index in [0.717, 1.165) is 25.2 Å². The van der Waals surface area contributed by atoms with Crippen LogP contribution in [0.4, 0.5) is 5.69 Å². The van der Waals surface area contributed by atoms with Gasteiger partial charge in [-0.2, -0.15) is 0 Å². The predicted molar refractivity (Wildman–Crippen MR) is 61.5 cm³/mol. The van der Waals surface area contributed by atoms with Crippen molar-refractivity contribution < 1.29 is 0 Å². The van der Waals surface area contributed by atoms with Gasteiger partial charge in [-0.15, -0.1) is 0 Å². The quantitative estimate of drug-likeness (QED) is 0.730. The van der Waals surface area contributed by atoms with Gasteiger partial charge in [-0.3, -0.25) is 9.36 Å². The van der Waals surface area contributed by atoms with Crippen LogP contribution in [0.5, 0.6) is 0 Å². The standard InChI is InChI=1S/C11H15N3O/c1-13-6-2-4-9(8-13)14-7-3-5-10(12)11(14)15/h3-5,7H,2,6,8,12H2,1H3. The van der Waals surface area contributed by atoms with Gasteiger partial charge in [0.1, 0.15) is 0 Å². The van der Waals surface area contributed by atoms with Gasteiger partial charge in [-0.1, -0.05) is 6.08 Å². The Morgan fingerprint density at radius 1 is 1.47 bits per heavy atom. The number of nitrogen functional groups attached to an aromatic ring is 1. The van der Waals surface area contributed by atoms with Gasteiger partial charge in [-0.25, -0.2) is 0 Å². The molecule has 2 N–H and O–H groups in total. The summed E-state index contributed by atoms with van der Waals surface area (Å²) in [6.07, 6.45) is 4.84. The number of hydrogen-bond donors (Lipinski definition) is 1. The molecule has 0 aromatic carbocycles. The van der Waals surface area contributed by atoms with E-state index in [1.54, 1.807) is 22.9 Å². The molecular formula is C11H15N3O. The largest absolute Gasteiger partial charge is 0.394 e. The van der Waals surface area contributed by atoms with Gasteiger partial charge in [-0.05, 0) is 25.6 Å². The highest BCUT2D eigenvalue weighted by atomic mass is 16.1. The molecule has 80 valence electrons. The Hall–Kier alpha value is -1.55. The highest BCUT2D eigenvalue weighted by Crippen LogP contribution is 2.11. The van der Waals surface area contributed by atoms with Crippen LogP contribution in [-0.2, 0) is 0 Å². The second-order valence-electron chi connectivity index (χ2n) is 3.86. The molecule has 1 aliphatic rings. The summed E-state index contributed by atoms with van der Waals surface area (Å²) in [6.45, 7) is 1.84. The van der Waals surface area contributed by atoms with Gasteiger partial charge in [0.25, 0.3) is 5.56 Å². The molecule has 0 spiro atoms. The second-order valence-corrected chi connectivity index (χ2v) is 3.86. The lowest BCUT2D eigenvalue weighted by atomic mass is 10.2. The van der Waals surface area contributed by atoms with E-state index in [2.05, 4.69) is 11.0 Å². The maximum absolute atomic E-state index is 11.8. The summed E-state index contributed by atoms with van der Waals surface area (Å²) in [5.41, 5.74) is 6.77. The van der Waals surface area contributed by atoms with Crippen LogP contribution < -0.4 is 11.3 Å². The van der Waals surface area contributed by atoms with E-state index >= 15 is 0 Å². The molecular weight excluding hydrogens is 190 g/mol. The molecule has 0 unspecified atom stereocenters. The Balaban J connectivity index is 2.42. The zero-order chi connectivity index (χ0) is 10.8. The van der Waals surface area contributed by atoms with Crippen molar-refractivity contribution in [3.63, 3.8) is 0 Å². The minimum atomic E-state index is -0.126. The fourth-order valence-corrected chi connectivity index (χ4v) is 1.78. The highest BCUT2D eigenvalue weighted by molar-refractivity contribution is 5.51. The van der Waals surface area contributed by atoms with Crippen LogP contribution >= 0.6 is 0 Å². The first kappa shape index (κ1) is 9.98. The minimum Gasteiger partial charge on any atom is -0.394 e. The molecule has 15 heavy (non-hydrogen) atoms. The summed E-state index contributed by atoms with van der Waals surface area (Å²) in [6, 6.07) is 3.43. The van der Waals surface area contributed by atoms with Crippen molar-refractivity contribution in [1.82, 2.24) is 9.47 Å². The third-order valence-corrected chi connectivity index (χ3v) is 2.61. The predicted octanol–water partition coefficient (Wildman–Crippen LogP) is 0.607. The molecule has 0 radical (unpaired) electrons. The highest BCUT2D eigenvalue weighted by Gasteiger charge is 2.11. The third kappa shape index (κ3) is 1.94. The van der Waals surface area contributed by atoms with E-state index in [9.17, 15) is 4.79 Å². The van der Waals surface area contributed by atoms with Crippen LogP contribution in [0.2, 0.25) is 0 Å². The van der Waals surface area contributed by atoms with Crippen LogP contribution in [0.3, 0.4) is 0 Å². The van der Waals surface area contributed by atoms with Crippen molar-refractivity contribution in [2.24, 2.45) is 0 Å². The van der Waals surface area contributed by atoms with Crippen molar-refractivity contribution in [2.75, 3.05) is 25.9 Å². The van der Waals surface area contributed by atoms with Crippen molar-refractivity contribution in [3.8, 4) is 0 Å². The molecule has 1 aliphatic heterocycles. The topological polar surface area (TPSA) is 51.3 Å². The molecule has 0 fully saturated rings. The molecule has 2 heterocycles. The number of anilines is 1. The van der Waals surface area contributed by atoms with Crippen LogP contribution in [0, 0.1) is 0 Å². The number of pyridine rings is 1. The Kier molecular flexibility index (Phi) is 2.60. The maximum Gasteiger partial charge on any atom is 0.277 e. The van der Waals surface area contributed by atoms with E-state index in [0.29, 0.717) is 5.69 Å². The van der Waals surface area contributed by atoms with Gasteiger partial charge in [0.2, 0.25) is 0 Å². The fourth-order valence-electron chi connectivity index (χ4n) is 1.78. The summed E-state index contributed by atoms with van der Waals surface area (Å²) in [4.78, 5) is 13.9. The van der Waals surface area contributed by atoms with Crippen molar-refractivity contribution >= 4 is 11.4 Å². The lowest BCUT2D eigenvalue weighted by molar-refractivity contribution is 0.366. The van der Waals surface area contributed by atoms with Gasteiger partial charge in [0.05, 0.1) is 5.69 Å². The first-order valence-corrected chi connectivity index (χ1v) is 5.03. The van der Waals surface area contributed by atoms with Gasteiger partial charge >= 0.3 is 0 Å². The van der Waals surface area contributed by atoms with Gasteiger partial charge in [0.15, 0.2) is 0 Å². The molecule has 0 aliphatic carbocycles. The molecule has 1 aromatic rings. The summed E-state index contributed by atoms with van der Waals surface area (Å²) < 4.78 is 1.63. The van der Waals surface area contributed by atoms with Crippen molar-refractivity contribution in [3.05, 3.63) is 34.8 Å². The van der Waals surface area contributed by atoms with Crippen molar-refractivity contribution in [1.29, 1.82) is 0 Å². The monoisotopic (exact) mass is 205 g/mol. The number of hydrogen-bond acceptors (Lipinski definition) is 3. The maximum atomic E-state index is 11.8. The minimum absolute atomic E-state index is 0.126. The lowest BCUT2D eigenvalue weighted by Gasteiger charge is -2.23. The van der Waals surface area contributed by atoms with Gasteiger partial charge in [0, 0.05) is 25.0 Å². The second kappa shape index (κ2) is 3.90. The Morgan fingerprint density at radius 3 is 3.00 bits per heavy atom. The van der Waals surface area contributed by atoms with Gasteiger partial charge < -0.3 is 10.6 Å². The lowest BCUT2D eigenvalue weighted by Crippen LogP contribution is -2.31. The molecule has 4 nitrogen and oxygen atoms in total. The van der Waals surface area contributed by atoms with E-state index < -0.39 is 0 Å². The van der Waals surface area contributed by atoms with E-state index in [4.69, 9.17) is 5.73 Å². The van der Waals surface area contributed by atoms with E-state index in [1.807, 2.05) is 7.05 Å². The third-order valence-electron chi connectivity index (χ3n) is 2.61. The summed E-state index contributed by atoms with van der Waals surface area (Å²) in [5, 5.41) is 0. The normalized spacial score (nSPS) is 17.5. The number of nitrogens with zero attached hydrogens (tertiary/aromatic N) is 2. The first-order valence-electron chi connectivity index (χ1n) is 5.03. The smallest absolute Gasteiger partial charge is 0.277 e. The summed E-state index contributed by atoms with van der Waals surface area (Å²) in [7, 11) is 2.05. The fraction of sp³-hybridized carbons (Fsp3) is 0.364. The number of likely N-dealkylation sites (N-methyl/N-ethyl adjacent to an activating group) is 1.